The second-order valence-electron chi connectivity index (χ2n) is 5.18. The average Bonchev–Trinajstić information content (AvgIpc) is 2.76. The molecule has 0 bridgehead atoms. The summed E-state index contributed by atoms with van der Waals surface area (Å²) in [7, 11) is 1.86. The molecule has 0 saturated heterocycles. The Morgan fingerprint density at radius 1 is 1.43 bits per heavy atom. The minimum Gasteiger partial charge on any atom is -0.348 e. The summed E-state index contributed by atoms with van der Waals surface area (Å²) in [5.74, 6) is -0.265. The third-order valence-corrected chi connectivity index (χ3v) is 3.61. The minimum absolute atomic E-state index is 0.00540. The summed E-state index contributed by atoms with van der Waals surface area (Å²) in [4.78, 5) is 22.1. The van der Waals surface area contributed by atoms with E-state index < -0.39 is 4.92 Å². The Balaban J connectivity index is 1.99. The molecule has 1 aromatic carbocycles. The average molecular weight is 314 g/mol. The number of carbonyl (C=O) groups is 1. The first-order valence-corrected chi connectivity index (χ1v) is 7.08. The lowest BCUT2D eigenvalue weighted by Gasteiger charge is -2.03. The van der Waals surface area contributed by atoms with E-state index in [-0.39, 0.29) is 11.6 Å². The highest BCUT2D eigenvalue weighted by Gasteiger charge is 2.09. The lowest BCUT2D eigenvalue weighted by Crippen LogP contribution is -2.21. The number of amides is 1. The van der Waals surface area contributed by atoms with Crippen molar-refractivity contribution in [2.75, 3.05) is 0 Å². The standard InChI is InChI=1S/C16H18N4O3/c1-11-15(12(2)19(3)18-11)10-17-16(21)8-7-13-5-4-6-14(9-13)20(22)23/h4-9H,10H2,1-3H3,(H,17,21)/b8-7+. The van der Waals surface area contributed by atoms with Gasteiger partial charge in [-0.3, -0.25) is 19.6 Å². The molecule has 7 nitrogen and oxygen atoms in total. The Morgan fingerprint density at radius 2 is 2.17 bits per heavy atom. The number of hydrogen-bond acceptors (Lipinski definition) is 4. The molecule has 1 amide bonds. The van der Waals surface area contributed by atoms with Gasteiger partial charge in [0.15, 0.2) is 0 Å². The maximum absolute atomic E-state index is 11.9. The van der Waals surface area contributed by atoms with E-state index in [4.69, 9.17) is 0 Å². The molecule has 0 aliphatic carbocycles. The molecule has 2 aromatic rings. The first-order valence-electron chi connectivity index (χ1n) is 7.08. The molecule has 0 aliphatic heterocycles. The molecule has 1 N–H and O–H groups in total. The van der Waals surface area contributed by atoms with Crippen molar-refractivity contribution in [3.63, 3.8) is 0 Å². The van der Waals surface area contributed by atoms with Crippen LogP contribution in [-0.4, -0.2) is 20.6 Å². The minimum atomic E-state index is -0.467. The fourth-order valence-corrected chi connectivity index (χ4v) is 2.22. The summed E-state index contributed by atoms with van der Waals surface area (Å²) < 4.78 is 1.77. The molecular weight excluding hydrogens is 296 g/mol. The van der Waals surface area contributed by atoms with Gasteiger partial charge in [0.1, 0.15) is 0 Å². The largest absolute Gasteiger partial charge is 0.348 e. The van der Waals surface area contributed by atoms with Crippen molar-refractivity contribution in [1.82, 2.24) is 15.1 Å². The Bertz CT molecular complexity index is 778. The Hall–Kier alpha value is -2.96. The van der Waals surface area contributed by atoms with E-state index >= 15 is 0 Å². The molecule has 7 heteroatoms. The topological polar surface area (TPSA) is 90.1 Å². The van der Waals surface area contributed by atoms with Crippen LogP contribution >= 0.6 is 0 Å². The number of aryl methyl sites for hydroxylation is 2. The van der Waals surface area contributed by atoms with E-state index in [9.17, 15) is 14.9 Å². The van der Waals surface area contributed by atoms with Gasteiger partial charge >= 0.3 is 0 Å². The molecular formula is C16H18N4O3. The summed E-state index contributed by atoms with van der Waals surface area (Å²) >= 11 is 0. The zero-order valence-corrected chi connectivity index (χ0v) is 13.2. The fraction of sp³-hybridized carbons (Fsp3) is 0.250. The van der Waals surface area contributed by atoms with Crippen molar-refractivity contribution in [2.45, 2.75) is 20.4 Å². The molecule has 0 saturated carbocycles. The SMILES string of the molecule is Cc1nn(C)c(C)c1CNC(=O)/C=C/c1cccc([N+](=O)[O-])c1. The quantitative estimate of drug-likeness (QED) is 0.521. The van der Waals surface area contributed by atoms with Crippen molar-refractivity contribution in [3.05, 3.63) is 63.0 Å². The van der Waals surface area contributed by atoms with Gasteiger partial charge in [-0.05, 0) is 25.5 Å². The lowest BCUT2D eigenvalue weighted by atomic mass is 10.2. The predicted molar refractivity (Wildman–Crippen MR) is 86.7 cm³/mol. The number of nitrogens with zero attached hydrogens (tertiary/aromatic N) is 3. The summed E-state index contributed by atoms with van der Waals surface area (Å²) in [6.45, 7) is 4.23. The molecule has 1 heterocycles. The van der Waals surface area contributed by atoms with Gasteiger partial charge in [-0.1, -0.05) is 12.1 Å². The number of non-ortho nitro benzene ring substituents is 1. The molecule has 0 unspecified atom stereocenters. The van der Waals surface area contributed by atoms with Crippen LogP contribution in [0, 0.1) is 24.0 Å². The molecule has 0 radical (unpaired) electrons. The van der Waals surface area contributed by atoms with Crippen molar-refractivity contribution < 1.29 is 9.72 Å². The maximum atomic E-state index is 11.9. The Labute approximate surface area is 133 Å². The molecule has 1 aromatic heterocycles. The van der Waals surface area contributed by atoms with Crippen molar-refractivity contribution in [3.8, 4) is 0 Å². The highest BCUT2D eigenvalue weighted by Crippen LogP contribution is 2.14. The lowest BCUT2D eigenvalue weighted by molar-refractivity contribution is -0.384. The highest BCUT2D eigenvalue weighted by atomic mass is 16.6. The summed E-state index contributed by atoms with van der Waals surface area (Å²) in [5, 5.41) is 17.8. The van der Waals surface area contributed by atoms with Crippen LogP contribution in [0.25, 0.3) is 6.08 Å². The number of benzene rings is 1. The van der Waals surface area contributed by atoms with Crippen molar-refractivity contribution >= 4 is 17.7 Å². The normalized spacial score (nSPS) is 10.9. The van der Waals surface area contributed by atoms with Crippen LogP contribution in [0.4, 0.5) is 5.69 Å². The number of nitro benzene ring substituents is 1. The van der Waals surface area contributed by atoms with Crippen LogP contribution < -0.4 is 5.32 Å². The first kappa shape index (κ1) is 16.4. The van der Waals surface area contributed by atoms with Crippen LogP contribution in [0.2, 0.25) is 0 Å². The first-order chi connectivity index (χ1) is 10.9. The van der Waals surface area contributed by atoms with E-state index in [0.29, 0.717) is 12.1 Å². The van der Waals surface area contributed by atoms with Crippen LogP contribution in [0.3, 0.4) is 0 Å². The van der Waals surface area contributed by atoms with Gasteiger partial charge in [-0.15, -0.1) is 0 Å². The fourth-order valence-electron chi connectivity index (χ4n) is 2.22. The predicted octanol–water partition coefficient (Wildman–Crippen LogP) is 2.27. The number of aromatic nitrogens is 2. The van der Waals surface area contributed by atoms with Crippen LogP contribution in [0.1, 0.15) is 22.5 Å². The van der Waals surface area contributed by atoms with E-state index in [0.717, 1.165) is 17.0 Å². The van der Waals surface area contributed by atoms with Gasteiger partial charge in [0, 0.05) is 43.1 Å². The van der Waals surface area contributed by atoms with E-state index in [2.05, 4.69) is 10.4 Å². The van der Waals surface area contributed by atoms with Crippen LogP contribution in [0.15, 0.2) is 30.3 Å². The number of nitro groups is 1. The van der Waals surface area contributed by atoms with Crippen LogP contribution in [0.5, 0.6) is 0 Å². The molecule has 2 rings (SSSR count). The third kappa shape index (κ3) is 4.03. The monoisotopic (exact) mass is 314 g/mol. The summed E-state index contributed by atoms with van der Waals surface area (Å²) in [5.41, 5.74) is 3.47. The molecule has 0 aliphatic rings. The van der Waals surface area contributed by atoms with Gasteiger partial charge in [0.2, 0.25) is 5.91 Å². The molecule has 0 atom stereocenters. The maximum Gasteiger partial charge on any atom is 0.270 e. The Morgan fingerprint density at radius 3 is 2.78 bits per heavy atom. The second kappa shape index (κ2) is 6.87. The van der Waals surface area contributed by atoms with Crippen molar-refractivity contribution in [1.29, 1.82) is 0 Å². The van der Waals surface area contributed by atoms with Gasteiger partial charge in [0.25, 0.3) is 5.69 Å². The van der Waals surface area contributed by atoms with E-state index in [1.807, 2.05) is 20.9 Å². The highest BCUT2D eigenvalue weighted by molar-refractivity contribution is 5.91. The number of nitrogens with one attached hydrogen (secondary N) is 1. The molecule has 0 spiro atoms. The van der Waals surface area contributed by atoms with Gasteiger partial charge < -0.3 is 5.32 Å². The molecule has 120 valence electrons. The Kier molecular flexibility index (Phi) is 4.90. The smallest absolute Gasteiger partial charge is 0.270 e. The second-order valence-corrected chi connectivity index (χ2v) is 5.18. The number of hydrogen-bond donors (Lipinski definition) is 1. The van der Waals surface area contributed by atoms with Crippen LogP contribution in [-0.2, 0) is 18.4 Å². The van der Waals surface area contributed by atoms with E-state index in [1.165, 1.54) is 18.2 Å². The number of rotatable bonds is 5. The summed E-state index contributed by atoms with van der Waals surface area (Å²) in [6, 6.07) is 6.11. The van der Waals surface area contributed by atoms with Gasteiger partial charge in [-0.25, -0.2) is 0 Å². The van der Waals surface area contributed by atoms with Crippen molar-refractivity contribution in [2.24, 2.45) is 7.05 Å². The molecule has 23 heavy (non-hydrogen) atoms. The number of carbonyl (C=O) groups excluding carboxylic acids is 1. The van der Waals surface area contributed by atoms with Gasteiger partial charge in [0.05, 0.1) is 10.6 Å². The zero-order chi connectivity index (χ0) is 17.0. The third-order valence-electron chi connectivity index (χ3n) is 3.61. The summed E-state index contributed by atoms with van der Waals surface area (Å²) in [6.07, 6.45) is 2.91. The zero-order valence-electron chi connectivity index (χ0n) is 13.2. The molecule has 0 fully saturated rings. The van der Waals surface area contributed by atoms with E-state index in [1.54, 1.807) is 22.9 Å². The van der Waals surface area contributed by atoms with Gasteiger partial charge in [-0.2, -0.15) is 5.10 Å².